The van der Waals surface area contributed by atoms with Crippen molar-refractivity contribution < 1.29 is 20.4 Å². The fourth-order valence-corrected chi connectivity index (χ4v) is 4.09. The van der Waals surface area contributed by atoms with Gasteiger partial charge >= 0.3 is 0 Å². The molecular formula is C21H32O4. The molecule has 0 aromatic heterocycles. The van der Waals surface area contributed by atoms with Crippen molar-refractivity contribution in [2.75, 3.05) is 6.61 Å². The Kier molecular flexibility index (Phi) is 7.33. The third-order valence-electron chi connectivity index (χ3n) is 5.46. The van der Waals surface area contributed by atoms with Crippen LogP contribution < -0.4 is 0 Å². The zero-order valence-electron chi connectivity index (χ0n) is 15.4. The van der Waals surface area contributed by atoms with E-state index in [-0.39, 0.29) is 29.9 Å². The molecule has 0 spiro atoms. The lowest BCUT2D eigenvalue weighted by Crippen LogP contribution is -2.27. The summed E-state index contributed by atoms with van der Waals surface area (Å²) >= 11 is 0. The van der Waals surface area contributed by atoms with Gasteiger partial charge in [0, 0.05) is 11.5 Å². The first-order chi connectivity index (χ1) is 12.0. The van der Waals surface area contributed by atoms with E-state index in [1.807, 2.05) is 6.92 Å². The molecule has 140 valence electrons. The second-order valence-electron chi connectivity index (χ2n) is 7.32. The van der Waals surface area contributed by atoms with Gasteiger partial charge in [-0.15, -0.1) is 0 Å². The Morgan fingerprint density at radius 2 is 1.84 bits per heavy atom. The molecule has 0 amide bonds. The van der Waals surface area contributed by atoms with Crippen molar-refractivity contribution >= 4 is 0 Å². The molecule has 4 N–H and O–H groups in total. The Labute approximate surface area is 150 Å². The van der Waals surface area contributed by atoms with E-state index in [0.717, 1.165) is 43.2 Å². The minimum absolute atomic E-state index is 0.0219. The van der Waals surface area contributed by atoms with Gasteiger partial charge in [-0.05, 0) is 62.6 Å². The van der Waals surface area contributed by atoms with E-state index in [2.05, 4.69) is 6.92 Å². The second kappa shape index (κ2) is 9.25. The van der Waals surface area contributed by atoms with Gasteiger partial charge in [-0.2, -0.15) is 0 Å². The maximum atomic E-state index is 10.6. The molecule has 0 radical (unpaired) electrons. The second-order valence-corrected chi connectivity index (χ2v) is 7.32. The first-order valence-corrected chi connectivity index (χ1v) is 9.48. The Balaban J connectivity index is 2.31. The van der Waals surface area contributed by atoms with Crippen LogP contribution >= 0.6 is 0 Å². The van der Waals surface area contributed by atoms with Crippen molar-refractivity contribution in [3.63, 3.8) is 0 Å². The van der Waals surface area contributed by atoms with Gasteiger partial charge in [0.2, 0.25) is 0 Å². The van der Waals surface area contributed by atoms with Crippen LogP contribution in [0.2, 0.25) is 0 Å². The predicted octanol–water partition coefficient (Wildman–Crippen LogP) is 4.01. The molecule has 1 aromatic carbocycles. The standard InChI is InChI=1S/C21H32O4/c1-3-4-5-6-15-11-19(24)21(20(25)12-15)18-13-16(23)7-8-17(18)14(2)9-10-22/h9,11-12,16-18,22-25H,3-8,10,13H2,1-2H3/b14-9+/t16-,17+,18-/m1/s1. The monoisotopic (exact) mass is 348 g/mol. The number of phenols is 2. The normalized spacial score (nSPS) is 24.5. The van der Waals surface area contributed by atoms with E-state index in [1.165, 1.54) is 0 Å². The SMILES string of the molecule is CCCCCc1cc(O)c([C@@H]2C[C@H](O)CC[C@H]2/C(C)=C/CO)c(O)c1. The number of rotatable bonds is 7. The van der Waals surface area contributed by atoms with Gasteiger partial charge in [-0.25, -0.2) is 0 Å². The van der Waals surface area contributed by atoms with Gasteiger partial charge in [0.1, 0.15) is 11.5 Å². The van der Waals surface area contributed by atoms with Gasteiger partial charge in [0.25, 0.3) is 0 Å². The number of hydrogen-bond acceptors (Lipinski definition) is 4. The average molecular weight is 348 g/mol. The number of benzene rings is 1. The molecule has 0 aliphatic heterocycles. The molecule has 3 atom stereocenters. The smallest absolute Gasteiger partial charge is 0.123 e. The van der Waals surface area contributed by atoms with Crippen LogP contribution in [0.3, 0.4) is 0 Å². The van der Waals surface area contributed by atoms with Crippen LogP contribution in [-0.2, 0) is 6.42 Å². The third-order valence-corrected chi connectivity index (χ3v) is 5.46. The lowest BCUT2D eigenvalue weighted by atomic mass is 9.70. The molecule has 0 unspecified atom stereocenters. The van der Waals surface area contributed by atoms with Gasteiger partial charge in [0.15, 0.2) is 0 Å². The van der Waals surface area contributed by atoms with Crippen LogP contribution in [0.5, 0.6) is 11.5 Å². The molecule has 4 nitrogen and oxygen atoms in total. The average Bonchev–Trinajstić information content (AvgIpc) is 2.55. The number of phenolic OH excluding ortho intramolecular Hbond substituents is 2. The van der Waals surface area contributed by atoms with Gasteiger partial charge in [-0.3, -0.25) is 0 Å². The summed E-state index contributed by atoms with van der Waals surface area (Å²) in [6.45, 7) is 4.10. The van der Waals surface area contributed by atoms with Crippen LogP contribution in [0.4, 0.5) is 0 Å². The molecule has 0 saturated heterocycles. The number of aryl methyl sites for hydroxylation is 1. The van der Waals surface area contributed by atoms with Crippen molar-refractivity contribution in [1.82, 2.24) is 0 Å². The number of unbranched alkanes of at least 4 members (excludes halogenated alkanes) is 2. The topological polar surface area (TPSA) is 80.9 Å². The molecule has 1 aliphatic carbocycles. The van der Waals surface area contributed by atoms with Gasteiger partial charge in [-0.1, -0.05) is 31.4 Å². The van der Waals surface area contributed by atoms with Gasteiger partial charge in [0.05, 0.1) is 12.7 Å². The summed E-state index contributed by atoms with van der Waals surface area (Å²) in [5.74, 6) is 0.203. The highest BCUT2D eigenvalue weighted by molar-refractivity contribution is 5.50. The van der Waals surface area contributed by atoms with Crippen molar-refractivity contribution in [2.45, 2.75) is 70.8 Å². The highest BCUT2D eigenvalue weighted by Crippen LogP contribution is 2.48. The summed E-state index contributed by atoms with van der Waals surface area (Å²) in [5, 5.41) is 40.5. The molecule has 25 heavy (non-hydrogen) atoms. The first-order valence-electron chi connectivity index (χ1n) is 9.48. The van der Waals surface area contributed by atoms with Crippen LogP contribution in [0.1, 0.15) is 69.4 Å². The molecule has 1 aromatic rings. The summed E-state index contributed by atoms with van der Waals surface area (Å²) < 4.78 is 0. The molecule has 0 heterocycles. The zero-order chi connectivity index (χ0) is 18.4. The lowest BCUT2D eigenvalue weighted by molar-refractivity contribution is 0.101. The van der Waals surface area contributed by atoms with E-state index in [1.54, 1.807) is 18.2 Å². The van der Waals surface area contributed by atoms with Crippen molar-refractivity contribution in [1.29, 1.82) is 0 Å². The maximum absolute atomic E-state index is 10.6. The van der Waals surface area contributed by atoms with Crippen molar-refractivity contribution in [3.05, 3.63) is 34.9 Å². The van der Waals surface area contributed by atoms with Crippen LogP contribution in [0.25, 0.3) is 0 Å². The van der Waals surface area contributed by atoms with E-state index in [0.29, 0.717) is 18.4 Å². The minimum Gasteiger partial charge on any atom is -0.508 e. The fourth-order valence-electron chi connectivity index (χ4n) is 4.09. The summed E-state index contributed by atoms with van der Waals surface area (Å²) in [7, 11) is 0. The molecule has 2 rings (SSSR count). The van der Waals surface area contributed by atoms with Crippen LogP contribution in [0, 0.1) is 5.92 Å². The van der Waals surface area contributed by atoms with E-state index >= 15 is 0 Å². The lowest BCUT2D eigenvalue weighted by Gasteiger charge is -2.36. The first kappa shape index (κ1) is 19.8. The summed E-state index contributed by atoms with van der Waals surface area (Å²) in [6.07, 6.45) is 7.50. The number of aliphatic hydroxyl groups is 2. The van der Waals surface area contributed by atoms with Crippen molar-refractivity contribution in [2.24, 2.45) is 5.92 Å². The predicted molar refractivity (Wildman–Crippen MR) is 99.9 cm³/mol. The molecule has 1 aliphatic rings. The highest BCUT2D eigenvalue weighted by Gasteiger charge is 2.35. The number of aliphatic hydroxyl groups excluding tert-OH is 2. The highest BCUT2D eigenvalue weighted by atomic mass is 16.3. The number of hydrogen-bond donors (Lipinski definition) is 4. The Hall–Kier alpha value is -1.52. The summed E-state index contributed by atoms with van der Waals surface area (Å²) in [4.78, 5) is 0. The van der Waals surface area contributed by atoms with Gasteiger partial charge < -0.3 is 20.4 Å². The Morgan fingerprint density at radius 3 is 2.44 bits per heavy atom. The number of allylic oxidation sites excluding steroid dienone is 1. The largest absolute Gasteiger partial charge is 0.508 e. The summed E-state index contributed by atoms with van der Waals surface area (Å²) in [5.41, 5.74) is 2.53. The van der Waals surface area contributed by atoms with Crippen LogP contribution in [0.15, 0.2) is 23.8 Å². The molecular weight excluding hydrogens is 316 g/mol. The minimum atomic E-state index is -0.425. The molecule has 1 fully saturated rings. The Morgan fingerprint density at radius 1 is 1.16 bits per heavy atom. The third kappa shape index (κ3) is 4.99. The molecule has 4 heteroatoms. The number of aromatic hydroxyl groups is 2. The fraction of sp³-hybridized carbons (Fsp3) is 0.619. The summed E-state index contributed by atoms with van der Waals surface area (Å²) in [6, 6.07) is 3.52. The molecule has 0 bridgehead atoms. The zero-order valence-corrected chi connectivity index (χ0v) is 15.4. The van der Waals surface area contributed by atoms with Crippen LogP contribution in [-0.4, -0.2) is 33.1 Å². The van der Waals surface area contributed by atoms with E-state index < -0.39 is 6.10 Å². The maximum Gasteiger partial charge on any atom is 0.123 e. The van der Waals surface area contributed by atoms with E-state index in [9.17, 15) is 20.4 Å². The van der Waals surface area contributed by atoms with E-state index in [4.69, 9.17) is 0 Å². The quantitative estimate of drug-likeness (QED) is 0.443. The Bertz CT molecular complexity index is 571. The molecule has 1 saturated carbocycles. The van der Waals surface area contributed by atoms with Crippen molar-refractivity contribution in [3.8, 4) is 11.5 Å².